The van der Waals surface area contributed by atoms with Crippen molar-refractivity contribution in [2.75, 3.05) is 13.2 Å². The Labute approximate surface area is 133 Å². The topological polar surface area (TPSA) is 60.2 Å². The van der Waals surface area contributed by atoms with E-state index >= 15 is 0 Å². The van der Waals surface area contributed by atoms with E-state index in [1.165, 1.54) is 5.56 Å². The maximum atomic E-state index is 11.7. The van der Waals surface area contributed by atoms with Crippen LogP contribution in [0.3, 0.4) is 0 Å². The van der Waals surface area contributed by atoms with E-state index in [2.05, 4.69) is 15.0 Å². The maximum Gasteiger partial charge on any atom is 0.357 e. The van der Waals surface area contributed by atoms with Gasteiger partial charge in [-0.05, 0) is 26.3 Å². The molecule has 1 fully saturated rings. The van der Waals surface area contributed by atoms with E-state index in [4.69, 9.17) is 4.74 Å². The minimum atomic E-state index is -0.332. The number of aryl methyl sites for hydroxylation is 1. The fourth-order valence-electron chi connectivity index (χ4n) is 2.82. The van der Waals surface area contributed by atoms with E-state index in [0.29, 0.717) is 12.3 Å². The summed E-state index contributed by atoms with van der Waals surface area (Å²) < 4.78 is 6.83. The number of carbonyl (C=O) groups excluding carboxylic acids is 1. The number of nitrogens with zero attached hydrogens (tertiary/aromatic N) is 4. The van der Waals surface area contributed by atoms with Crippen molar-refractivity contribution >= 4 is 17.3 Å². The van der Waals surface area contributed by atoms with Gasteiger partial charge in [0, 0.05) is 30.7 Å². The molecular weight excluding hydrogens is 300 g/mol. The SMILES string of the molecule is CCOC(=O)c1csc([C@H]2CCCN2Cc2cnn(C)c2)n1. The molecule has 1 saturated heterocycles. The quantitative estimate of drug-likeness (QED) is 0.792. The van der Waals surface area contributed by atoms with Gasteiger partial charge in [-0.2, -0.15) is 5.10 Å². The van der Waals surface area contributed by atoms with Crippen LogP contribution in [0.15, 0.2) is 17.8 Å². The van der Waals surface area contributed by atoms with Crippen molar-refractivity contribution in [3.05, 3.63) is 34.0 Å². The lowest BCUT2D eigenvalue weighted by atomic mass is 10.2. The Bertz CT molecular complexity index is 652. The number of carbonyl (C=O) groups is 1. The van der Waals surface area contributed by atoms with Crippen LogP contribution in [0.25, 0.3) is 0 Å². The first kappa shape index (κ1) is 15.2. The zero-order chi connectivity index (χ0) is 15.5. The third-order valence-corrected chi connectivity index (χ3v) is 4.75. The molecule has 0 bridgehead atoms. The summed E-state index contributed by atoms with van der Waals surface area (Å²) in [7, 11) is 1.93. The molecule has 7 heteroatoms. The molecule has 2 aromatic rings. The second kappa shape index (κ2) is 6.58. The monoisotopic (exact) mass is 320 g/mol. The first-order valence-electron chi connectivity index (χ1n) is 7.51. The van der Waals surface area contributed by atoms with Gasteiger partial charge in [0.2, 0.25) is 0 Å². The summed E-state index contributed by atoms with van der Waals surface area (Å²) >= 11 is 1.55. The molecule has 0 saturated carbocycles. The molecule has 3 rings (SSSR count). The number of rotatable bonds is 5. The summed E-state index contributed by atoms with van der Waals surface area (Å²) in [6.45, 7) is 4.10. The second-order valence-electron chi connectivity index (χ2n) is 5.44. The van der Waals surface area contributed by atoms with Gasteiger partial charge >= 0.3 is 5.97 Å². The number of likely N-dealkylation sites (tertiary alicyclic amines) is 1. The van der Waals surface area contributed by atoms with E-state index in [-0.39, 0.29) is 12.0 Å². The Morgan fingerprint density at radius 3 is 3.14 bits per heavy atom. The molecule has 6 nitrogen and oxygen atoms in total. The van der Waals surface area contributed by atoms with Gasteiger partial charge < -0.3 is 4.74 Å². The smallest absolute Gasteiger partial charge is 0.357 e. The number of hydrogen-bond donors (Lipinski definition) is 0. The molecule has 0 unspecified atom stereocenters. The van der Waals surface area contributed by atoms with Crippen molar-refractivity contribution in [2.24, 2.45) is 7.05 Å². The minimum absolute atomic E-state index is 0.286. The lowest BCUT2D eigenvalue weighted by Crippen LogP contribution is -2.22. The highest BCUT2D eigenvalue weighted by atomic mass is 32.1. The maximum absolute atomic E-state index is 11.7. The Balaban J connectivity index is 1.71. The number of esters is 1. The van der Waals surface area contributed by atoms with Crippen LogP contribution in [0.1, 0.15) is 46.9 Å². The van der Waals surface area contributed by atoms with Gasteiger partial charge in [-0.1, -0.05) is 0 Å². The Kier molecular flexibility index (Phi) is 4.54. The van der Waals surface area contributed by atoms with Crippen molar-refractivity contribution < 1.29 is 9.53 Å². The molecule has 0 N–H and O–H groups in total. The van der Waals surface area contributed by atoms with Crippen molar-refractivity contribution in [3.63, 3.8) is 0 Å². The fourth-order valence-corrected chi connectivity index (χ4v) is 3.78. The summed E-state index contributed by atoms with van der Waals surface area (Å²) in [6.07, 6.45) is 6.18. The fraction of sp³-hybridized carbons (Fsp3) is 0.533. The van der Waals surface area contributed by atoms with Gasteiger partial charge in [0.15, 0.2) is 5.69 Å². The van der Waals surface area contributed by atoms with E-state index in [1.54, 1.807) is 23.6 Å². The molecule has 3 heterocycles. The molecule has 2 aromatic heterocycles. The minimum Gasteiger partial charge on any atom is -0.461 e. The predicted octanol–water partition coefficient (Wildman–Crippen LogP) is 2.39. The third-order valence-electron chi connectivity index (χ3n) is 3.80. The van der Waals surface area contributed by atoms with E-state index in [1.807, 2.05) is 24.1 Å². The normalized spacial score (nSPS) is 18.7. The second-order valence-corrected chi connectivity index (χ2v) is 6.33. The van der Waals surface area contributed by atoms with Crippen molar-refractivity contribution in [3.8, 4) is 0 Å². The Hall–Kier alpha value is -1.73. The molecule has 0 radical (unpaired) electrons. The number of aromatic nitrogens is 3. The zero-order valence-electron chi connectivity index (χ0n) is 12.9. The van der Waals surface area contributed by atoms with Crippen LogP contribution in [0.4, 0.5) is 0 Å². The van der Waals surface area contributed by atoms with E-state index < -0.39 is 0 Å². The number of ether oxygens (including phenoxy) is 1. The largest absolute Gasteiger partial charge is 0.461 e. The summed E-state index contributed by atoms with van der Waals surface area (Å²) in [4.78, 5) is 18.6. The van der Waals surface area contributed by atoms with Crippen LogP contribution < -0.4 is 0 Å². The van der Waals surface area contributed by atoms with Gasteiger partial charge in [0.05, 0.1) is 18.8 Å². The molecule has 118 valence electrons. The van der Waals surface area contributed by atoms with Crippen molar-refractivity contribution in [1.82, 2.24) is 19.7 Å². The highest BCUT2D eigenvalue weighted by molar-refractivity contribution is 7.09. The lowest BCUT2D eigenvalue weighted by molar-refractivity contribution is 0.0520. The van der Waals surface area contributed by atoms with Crippen LogP contribution in [-0.4, -0.2) is 38.8 Å². The highest BCUT2D eigenvalue weighted by Crippen LogP contribution is 2.34. The van der Waals surface area contributed by atoms with Gasteiger partial charge in [-0.15, -0.1) is 11.3 Å². The number of thiazole rings is 1. The van der Waals surface area contributed by atoms with Crippen molar-refractivity contribution in [2.45, 2.75) is 32.4 Å². The van der Waals surface area contributed by atoms with Gasteiger partial charge in [-0.3, -0.25) is 9.58 Å². The zero-order valence-corrected chi connectivity index (χ0v) is 13.7. The molecule has 1 aliphatic heterocycles. The summed E-state index contributed by atoms with van der Waals surface area (Å²) in [5, 5.41) is 7.02. The van der Waals surface area contributed by atoms with Crippen molar-refractivity contribution in [1.29, 1.82) is 0 Å². The van der Waals surface area contributed by atoms with Crippen LogP contribution in [0, 0.1) is 0 Å². The van der Waals surface area contributed by atoms with Crippen LogP contribution in [0.2, 0.25) is 0 Å². The van der Waals surface area contributed by atoms with E-state index in [9.17, 15) is 4.79 Å². The predicted molar refractivity (Wildman–Crippen MR) is 83.7 cm³/mol. The van der Waals surface area contributed by atoms with Crippen LogP contribution in [0.5, 0.6) is 0 Å². The molecule has 0 aliphatic carbocycles. The van der Waals surface area contributed by atoms with Crippen LogP contribution >= 0.6 is 11.3 Å². The lowest BCUT2D eigenvalue weighted by Gasteiger charge is -2.21. The first-order chi connectivity index (χ1) is 10.7. The first-order valence-corrected chi connectivity index (χ1v) is 8.39. The van der Waals surface area contributed by atoms with Gasteiger partial charge in [0.1, 0.15) is 5.01 Å². The average Bonchev–Trinajstić information content (AvgIpc) is 3.20. The average molecular weight is 320 g/mol. The highest BCUT2D eigenvalue weighted by Gasteiger charge is 2.29. The van der Waals surface area contributed by atoms with Crippen LogP contribution in [-0.2, 0) is 18.3 Å². The molecule has 22 heavy (non-hydrogen) atoms. The van der Waals surface area contributed by atoms with Gasteiger partial charge in [-0.25, -0.2) is 9.78 Å². The molecular formula is C15H20N4O2S. The standard InChI is InChI=1S/C15H20N4O2S/c1-3-21-15(20)12-10-22-14(17-12)13-5-4-6-19(13)9-11-7-16-18(2)8-11/h7-8,10,13H,3-6,9H2,1-2H3/t13-/m1/s1. The molecule has 0 aromatic carbocycles. The molecule has 1 aliphatic rings. The Morgan fingerprint density at radius 2 is 2.41 bits per heavy atom. The number of hydrogen-bond acceptors (Lipinski definition) is 6. The third kappa shape index (κ3) is 3.20. The molecule has 0 amide bonds. The molecule has 1 atom stereocenters. The molecule has 0 spiro atoms. The summed E-state index contributed by atoms with van der Waals surface area (Å²) in [6, 6.07) is 0.286. The van der Waals surface area contributed by atoms with E-state index in [0.717, 1.165) is 30.9 Å². The Morgan fingerprint density at radius 1 is 1.55 bits per heavy atom. The van der Waals surface area contributed by atoms with Gasteiger partial charge in [0.25, 0.3) is 0 Å². The summed E-state index contributed by atoms with van der Waals surface area (Å²) in [5.74, 6) is -0.332. The summed E-state index contributed by atoms with van der Waals surface area (Å²) in [5.41, 5.74) is 1.63.